The van der Waals surface area contributed by atoms with E-state index in [-0.39, 0.29) is 17.0 Å². The number of rotatable bonds is 11. The minimum atomic E-state index is -0.307. The summed E-state index contributed by atoms with van der Waals surface area (Å²) >= 11 is 6.78. The summed E-state index contributed by atoms with van der Waals surface area (Å²) in [7, 11) is 0. The fourth-order valence-corrected chi connectivity index (χ4v) is 5.30. The van der Waals surface area contributed by atoms with Gasteiger partial charge in [0.2, 0.25) is 0 Å². The summed E-state index contributed by atoms with van der Waals surface area (Å²) in [6, 6.07) is 12.0. The summed E-state index contributed by atoms with van der Waals surface area (Å²) in [5, 5.41) is 13.2. The van der Waals surface area contributed by atoms with Crippen LogP contribution in [-0.2, 0) is 17.9 Å². The van der Waals surface area contributed by atoms with Crippen molar-refractivity contribution in [2.75, 3.05) is 11.9 Å². The van der Waals surface area contributed by atoms with Crippen molar-refractivity contribution in [3.63, 3.8) is 0 Å². The summed E-state index contributed by atoms with van der Waals surface area (Å²) in [5.41, 5.74) is 2.12. The molecule has 1 aliphatic rings. The summed E-state index contributed by atoms with van der Waals surface area (Å²) in [5.74, 6) is 0.509. The van der Waals surface area contributed by atoms with Gasteiger partial charge in [0.25, 0.3) is 11.5 Å². The van der Waals surface area contributed by atoms with Crippen LogP contribution in [-0.4, -0.2) is 26.2 Å². The topological polar surface area (TPSA) is 78.1 Å². The van der Waals surface area contributed by atoms with Gasteiger partial charge in [-0.15, -0.1) is 0 Å². The van der Waals surface area contributed by atoms with Gasteiger partial charge in [0.1, 0.15) is 21.8 Å². The van der Waals surface area contributed by atoms with Crippen molar-refractivity contribution in [3.8, 4) is 6.07 Å². The molecule has 0 saturated carbocycles. The average molecular weight is 509 g/mol. The lowest BCUT2D eigenvalue weighted by molar-refractivity contribution is -0.122. The van der Waals surface area contributed by atoms with Gasteiger partial charge in [-0.05, 0) is 37.0 Å². The maximum absolute atomic E-state index is 13.2. The molecule has 1 amide bonds. The lowest BCUT2D eigenvalue weighted by Gasteiger charge is -2.20. The van der Waals surface area contributed by atoms with Crippen LogP contribution < -0.4 is 10.9 Å². The first kappa shape index (κ1) is 26.7. The first-order valence-electron chi connectivity index (χ1n) is 12.1. The predicted octanol–water partition coefficient (Wildman–Crippen LogP) is 5.83. The largest absolute Gasteiger partial charge is 0.367 e. The van der Waals surface area contributed by atoms with E-state index in [0.29, 0.717) is 45.8 Å². The number of carbonyl (C=O) groups is 1. The molecule has 1 saturated heterocycles. The second kappa shape index (κ2) is 12.7. The van der Waals surface area contributed by atoms with Gasteiger partial charge in [-0.3, -0.25) is 19.1 Å². The smallest absolute Gasteiger partial charge is 0.270 e. The molecule has 184 valence electrons. The Labute approximate surface area is 217 Å². The molecule has 0 aliphatic carbocycles. The van der Waals surface area contributed by atoms with Crippen LogP contribution in [0, 0.1) is 18.3 Å². The van der Waals surface area contributed by atoms with E-state index in [9.17, 15) is 14.9 Å². The molecule has 1 N–H and O–H groups in total. The monoisotopic (exact) mass is 508 g/mol. The average Bonchev–Trinajstić information content (AvgIpc) is 3.12. The van der Waals surface area contributed by atoms with Gasteiger partial charge < -0.3 is 5.32 Å². The molecule has 1 aromatic carbocycles. The highest BCUT2D eigenvalue weighted by Gasteiger charge is 2.32. The molecule has 35 heavy (non-hydrogen) atoms. The number of hydrogen-bond donors (Lipinski definition) is 1. The van der Waals surface area contributed by atoms with Crippen LogP contribution in [0.2, 0.25) is 0 Å². The Balaban J connectivity index is 2.09. The number of thioether (sulfide) groups is 1. The number of carbonyl (C=O) groups excluding carboxylic acids is 1. The molecular weight excluding hydrogens is 476 g/mol. The van der Waals surface area contributed by atoms with Crippen molar-refractivity contribution in [3.05, 3.63) is 67.8 Å². The highest BCUT2D eigenvalue weighted by molar-refractivity contribution is 8.26. The van der Waals surface area contributed by atoms with Crippen LogP contribution >= 0.6 is 24.0 Å². The van der Waals surface area contributed by atoms with Crippen molar-refractivity contribution in [2.45, 2.75) is 66.0 Å². The van der Waals surface area contributed by atoms with Gasteiger partial charge in [-0.25, -0.2) is 0 Å². The number of thiocarbonyl (C=S) groups is 1. The van der Waals surface area contributed by atoms with Crippen LogP contribution in [0.3, 0.4) is 0 Å². The van der Waals surface area contributed by atoms with Crippen LogP contribution in [0.4, 0.5) is 5.82 Å². The van der Waals surface area contributed by atoms with Gasteiger partial charge in [0.15, 0.2) is 0 Å². The third-order valence-corrected chi connectivity index (χ3v) is 7.42. The first-order chi connectivity index (χ1) is 16.9. The Bertz CT molecular complexity index is 1210. The summed E-state index contributed by atoms with van der Waals surface area (Å²) in [6.07, 6.45) is 6.51. The second-order valence-electron chi connectivity index (χ2n) is 8.56. The lowest BCUT2D eigenvalue weighted by atomic mass is 10.0. The van der Waals surface area contributed by atoms with Crippen molar-refractivity contribution in [1.29, 1.82) is 5.26 Å². The van der Waals surface area contributed by atoms with Crippen LogP contribution in [0.1, 0.15) is 68.2 Å². The highest BCUT2D eigenvalue weighted by Crippen LogP contribution is 2.35. The van der Waals surface area contributed by atoms with Gasteiger partial charge in [-0.1, -0.05) is 87.4 Å². The van der Waals surface area contributed by atoms with Crippen molar-refractivity contribution >= 4 is 46.1 Å². The summed E-state index contributed by atoms with van der Waals surface area (Å²) in [4.78, 5) is 28.6. The number of amides is 1. The molecule has 0 radical (unpaired) electrons. The molecular formula is C27H32N4O2S2. The zero-order valence-electron chi connectivity index (χ0n) is 20.6. The van der Waals surface area contributed by atoms with E-state index in [1.807, 2.05) is 30.3 Å². The van der Waals surface area contributed by atoms with Crippen LogP contribution in [0.25, 0.3) is 6.08 Å². The molecule has 1 aromatic heterocycles. The number of anilines is 1. The van der Waals surface area contributed by atoms with Gasteiger partial charge >= 0.3 is 0 Å². The van der Waals surface area contributed by atoms with E-state index >= 15 is 0 Å². The Morgan fingerprint density at radius 3 is 2.46 bits per heavy atom. The quantitative estimate of drug-likeness (QED) is 0.234. The number of unbranched alkanes of at least 4 members (excludes halogenated alkanes) is 3. The Hall–Kier alpha value is -2.89. The van der Waals surface area contributed by atoms with Crippen LogP contribution in [0.5, 0.6) is 0 Å². The maximum Gasteiger partial charge on any atom is 0.270 e. The Morgan fingerprint density at radius 2 is 1.80 bits per heavy atom. The standard InChI is InChI=1S/C27H32N4O2S2/c1-4-6-11-15-31-26(33)23(35-27(31)34)16-21-19(3)22(17-28)25(32)30(14-7-5-2)24(21)29-18-20-12-9-8-10-13-20/h8-10,12-13,16,29H,4-7,11,14-15,18H2,1-3H3/b23-16+. The van der Waals surface area contributed by atoms with Crippen molar-refractivity contribution in [1.82, 2.24) is 9.47 Å². The van der Waals surface area contributed by atoms with E-state index in [4.69, 9.17) is 12.2 Å². The molecule has 3 rings (SSSR count). The van der Waals surface area contributed by atoms with Crippen LogP contribution in [0.15, 0.2) is 40.0 Å². The van der Waals surface area contributed by atoms with Gasteiger partial charge in [0.05, 0.1) is 4.91 Å². The minimum absolute atomic E-state index is 0.107. The predicted molar refractivity (Wildman–Crippen MR) is 148 cm³/mol. The molecule has 0 unspecified atom stereocenters. The lowest BCUT2D eigenvalue weighted by Crippen LogP contribution is -2.29. The van der Waals surface area contributed by atoms with E-state index < -0.39 is 0 Å². The number of hydrogen-bond acceptors (Lipinski definition) is 6. The number of aromatic nitrogens is 1. The molecule has 6 nitrogen and oxygen atoms in total. The number of nitrogens with zero attached hydrogens (tertiary/aromatic N) is 3. The summed E-state index contributed by atoms with van der Waals surface area (Å²) in [6.45, 7) is 7.55. The normalized spacial score (nSPS) is 14.6. The fraction of sp³-hybridized carbons (Fsp3) is 0.407. The SMILES string of the molecule is CCCCCN1C(=O)/C(=C\c2c(C)c(C#N)c(=O)n(CCCC)c2NCc2ccccc2)SC1=S. The first-order valence-corrected chi connectivity index (χ1v) is 13.4. The highest BCUT2D eigenvalue weighted by atomic mass is 32.2. The van der Waals surface area contributed by atoms with Gasteiger partial charge in [-0.2, -0.15) is 5.26 Å². The fourth-order valence-electron chi connectivity index (χ4n) is 4.01. The molecule has 2 aromatic rings. The Kier molecular flexibility index (Phi) is 9.70. The molecule has 0 bridgehead atoms. The molecule has 8 heteroatoms. The summed E-state index contributed by atoms with van der Waals surface area (Å²) < 4.78 is 2.19. The molecule has 0 atom stereocenters. The molecule has 1 fully saturated rings. The van der Waals surface area contributed by atoms with E-state index in [1.165, 1.54) is 11.8 Å². The van der Waals surface area contributed by atoms with E-state index in [0.717, 1.165) is 37.7 Å². The minimum Gasteiger partial charge on any atom is -0.367 e. The van der Waals surface area contributed by atoms with Gasteiger partial charge in [0, 0.05) is 25.2 Å². The molecule has 0 spiro atoms. The maximum atomic E-state index is 13.2. The number of nitrogens with one attached hydrogen (secondary N) is 1. The van der Waals surface area contributed by atoms with Crippen molar-refractivity contribution < 1.29 is 4.79 Å². The third kappa shape index (κ3) is 6.22. The third-order valence-electron chi connectivity index (χ3n) is 6.05. The molecule has 2 heterocycles. The molecule has 1 aliphatic heterocycles. The number of benzene rings is 1. The number of pyridine rings is 1. The second-order valence-corrected chi connectivity index (χ2v) is 10.2. The van der Waals surface area contributed by atoms with E-state index in [2.05, 4.69) is 25.2 Å². The number of nitriles is 1. The Morgan fingerprint density at radius 1 is 1.09 bits per heavy atom. The van der Waals surface area contributed by atoms with Crippen molar-refractivity contribution in [2.24, 2.45) is 0 Å². The van der Waals surface area contributed by atoms with E-state index in [1.54, 1.807) is 22.5 Å². The zero-order valence-corrected chi connectivity index (χ0v) is 22.2. The zero-order chi connectivity index (χ0) is 25.4.